The predicted molar refractivity (Wildman–Crippen MR) is 85.6 cm³/mol. The number of benzene rings is 1. The highest BCUT2D eigenvalue weighted by Crippen LogP contribution is 2.32. The summed E-state index contributed by atoms with van der Waals surface area (Å²) in [6.07, 6.45) is 3.81. The van der Waals surface area contributed by atoms with E-state index < -0.39 is 0 Å². The van der Waals surface area contributed by atoms with Crippen molar-refractivity contribution in [1.82, 2.24) is 5.32 Å². The molecular weight excluding hydrogens is 246 g/mol. The van der Waals surface area contributed by atoms with Gasteiger partial charge in [-0.15, -0.1) is 0 Å². The van der Waals surface area contributed by atoms with Crippen molar-refractivity contribution in [3.8, 4) is 5.75 Å². The minimum atomic E-state index is 0.133. The van der Waals surface area contributed by atoms with Crippen molar-refractivity contribution < 1.29 is 4.74 Å². The molecule has 1 aromatic rings. The van der Waals surface area contributed by atoms with Crippen LogP contribution in [0.3, 0.4) is 0 Å². The van der Waals surface area contributed by atoms with Gasteiger partial charge in [0.25, 0.3) is 0 Å². The Kier molecular flexibility index (Phi) is 5.09. The van der Waals surface area contributed by atoms with E-state index in [2.05, 4.69) is 51.2 Å². The van der Waals surface area contributed by atoms with Crippen LogP contribution in [0.25, 0.3) is 0 Å². The van der Waals surface area contributed by atoms with Crippen molar-refractivity contribution in [2.45, 2.75) is 52.4 Å². The topological polar surface area (TPSA) is 21.3 Å². The SMILES string of the molecule is Cc1ccc(OCC[C@H]2CCCNC2)c(C(C)(C)C)c1. The molecule has 0 saturated carbocycles. The highest BCUT2D eigenvalue weighted by Gasteiger charge is 2.19. The van der Waals surface area contributed by atoms with Crippen LogP contribution in [0.5, 0.6) is 5.75 Å². The fourth-order valence-electron chi connectivity index (χ4n) is 2.86. The number of hydrogen-bond acceptors (Lipinski definition) is 2. The zero-order valence-electron chi connectivity index (χ0n) is 13.5. The van der Waals surface area contributed by atoms with Crippen molar-refractivity contribution >= 4 is 0 Å². The molecule has 2 heteroatoms. The molecule has 1 atom stereocenters. The Morgan fingerprint density at radius 1 is 1.30 bits per heavy atom. The lowest BCUT2D eigenvalue weighted by molar-refractivity contribution is 0.250. The van der Waals surface area contributed by atoms with Gasteiger partial charge in [-0.3, -0.25) is 0 Å². The Hall–Kier alpha value is -1.02. The van der Waals surface area contributed by atoms with Crippen LogP contribution in [0.15, 0.2) is 18.2 Å². The summed E-state index contributed by atoms with van der Waals surface area (Å²) in [5.74, 6) is 1.85. The van der Waals surface area contributed by atoms with Crippen LogP contribution in [0, 0.1) is 12.8 Å². The molecule has 0 radical (unpaired) electrons. The van der Waals surface area contributed by atoms with Gasteiger partial charge in [-0.25, -0.2) is 0 Å². The molecule has 1 N–H and O–H groups in total. The maximum atomic E-state index is 6.09. The Balaban J connectivity index is 1.95. The minimum absolute atomic E-state index is 0.133. The molecule has 1 fully saturated rings. The van der Waals surface area contributed by atoms with Crippen molar-refractivity contribution in [3.63, 3.8) is 0 Å². The first-order chi connectivity index (χ1) is 9.47. The average molecular weight is 275 g/mol. The molecule has 0 bridgehead atoms. The molecule has 0 unspecified atom stereocenters. The Bertz CT molecular complexity index is 428. The number of piperidine rings is 1. The van der Waals surface area contributed by atoms with Crippen LogP contribution in [-0.4, -0.2) is 19.7 Å². The van der Waals surface area contributed by atoms with E-state index in [-0.39, 0.29) is 5.41 Å². The Morgan fingerprint density at radius 3 is 2.75 bits per heavy atom. The average Bonchev–Trinajstić information content (AvgIpc) is 2.40. The third-order valence-corrected chi connectivity index (χ3v) is 4.13. The lowest BCUT2D eigenvalue weighted by Gasteiger charge is -2.25. The summed E-state index contributed by atoms with van der Waals surface area (Å²) < 4.78 is 6.09. The van der Waals surface area contributed by atoms with Crippen LogP contribution >= 0.6 is 0 Å². The lowest BCUT2D eigenvalue weighted by Crippen LogP contribution is -2.30. The van der Waals surface area contributed by atoms with Gasteiger partial charge in [0.2, 0.25) is 0 Å². The quantitative estimate of drug-likeness (QED) is 0.894. The van der Waals surface area contributed by atoms with E-state index in [9.17, 15) is 0 Å². The van der Waals surface area contributed by atoms with Crippen LogP contribution in [0.4, 0.5) is 0 Å². The maximum Gasteiger partial charge on any atom is 0.123 e. The number of aryl methyl sites for hydroxylation is 1. The summed E-state index contributed by atoms with van der Waals surface area (Å²) in [6.45, 7) is 12.1. The van der Waals surface area contributed by atoms with Crippen LogP contribution < -0.4 is 10.1 Å². The summed E-state index contributed by atoms with van der Waals surface area (Å²) in [7, 11) is 0. The highest BCUT2D eigenvalue weighted by atomic mass is 16.5. The first kappa shape index (κ1) is 15.4. The standard InChI is InChI=1S/C18H29NO/c1-14-7-8-17(16(12-14)18(2,3)4)20-11-9-15-6-5-10-19-13-15/h7-8,12,15,19H,5-6,9-11,13H2,1-4H3/t15-/m1/s1. The van der Waals surface area contributed by atoms with Gasteiger partial charge in [0.05, 0.1) is 6.61 Å². The lowest BCUT2D eigenvalue weighted by atomic mass is 9.85. The van der Waals surface area contributed by atoms with E-state index in [4.69, 9.17) is 4.74 Å². The first-order valence-corrected chi connectivity index (χ1v) is 7.91. The van der Waals surface area contributed by atoms with Crippen LogP contribution in [0.2, 0.25) is 0 Å². The molecule has 1 aromatic carbocycles. The zero-order chi connectivity index (χ0) is 14.6. The zero-order valence-corrected chi connectivity index (χ0v) is 13.5. The molecule has 112 valence electrons. The van der Waals surface area contributed by atoms with Gasteiger partial charge in [0, 0.05) is 0 Å². The summed E-state index contributed by atoms with van der Waals surface area (Å²) in [6, 6.07) is 6.54. The Labute approximate surface area is 123 Å². The van der Waals surface area contributed by atoms with Gasteiger partial charge in [-0.2, -0.15) is 0 Å². The fourth-order valence-corrected chi connectivity index (χ4v) is 2.86. The molecule has 1 heterocycles. The van der Waals surface area contributed by atoms with Crippen molar-refractivity contribution in [3.05, 3.63) is 29.3 Å². The summed E-state index contributed by atoms with van der Waals surface area (Å²) in [5, 5.41) is 3.47. The van der Waals surface area contributed by atoms with E-state index in [1.165, 1.54) is 30.5 Å². The Morgan fingerprint density at radius 2 is 2.10 bits per heavy atom. The first-order valence-electron chi connectivity index (χ1n) is 7.91. The molecule has 0 aliphatic carbocycles. The van der Waals surface area contributed by atoms with E-state index in [1.54, 1.807) is 0 Å². The van der Waals surface area contributed by atoms with Gasteiger partial charge < -0.3 is 10.1 Å². The summed E-state index contributed by atoms with van der Waals surface area (Å²) in [5.41, 5.74) is 2.76. The molecule has 2 rings (SSSR count). The van der Waals surface area contributed by atoms with Crippen molar-refractivity contribution in [1.29, 1.82) is 0 Å². The van der Waals surface area contributed by atoms with Crippen LogP contribution in [0.1, 0.15) is 51.2 Å². The van der Waals surface area contributed by atoms with E-state index >= 15 is 0 Å². The van der Waals surface area contributed by atoms with Gasteiger partial charge in [-0.1, -0.05) is 38.5 Å². The molecule has 0 amide bonds. The van der Waals surface area contributed by atoms with Gasteiger partial charge in [0.1, 0.15) is 5.75 Å². The third-order valence-electron chi connectivity index (χ3n) is 4.13. The molecule has 2 nitrogen and oxygen atoms in total. The second kappa shape index (κ2) is 6.62. The molecule has 20 heavy (non-hydrogen) atoms. The molecular formula is C18H29NO. The maximum absolute atomic E-state index is 6.09. The predicted octanol–water partition coefficient (Wildman–Crippen LogP) is 4.06. The molecule has 1 saturated heterocycles. The molecule has 1 aliphatic rings. The van der Waals surface area contributed by atoms with Gasteiger partial charge in [-0.05, 0) is 62.2 Å². The highest BCUT2D eigenvalue weighted by molar-refractivity contribution is 5.41. The normalized spacial score (nSPS) is 19.9. The van der Waals surface area contributed by atoms with Gasteiger partial charge >= 0.3 is 0 Å². The van der Waals surface area contributed by atoms with Gasteiger partial charge in [0.15, 0.2) is 0 Å². The number of rotatable bonds is 4. The fraction of sp³-hybridized carbons (Fsp3) is 0.667. The number of ether oxygens (including phenoxy) is 1. The minimum Gasteiger partial charge on any atom is -0.493 e. The second-order valence-corrected chi connectivity index (χ2v) is 7.10. The van der Waals surface area contributed by atoms with E-state index in [0.717, 1.165) is 31.2 Å². The smallest absolute Gasteiger partial charge is 0.123 e. The van der Waals surface area contributed by atoms with Crippen molar-refractivity contribution in [2.24, 2.45) is 5.92 Å². The molecule has 1 aliphatic heterocycles. The van der Waals surface area contributed by atoms with E-state index in [1.807, 2.05) is 0 Å². The molecule has 0 aromatic heterocycles. The van der Waals surface area contributed by atoms with E-state index in [0.29, 0.717) is 0 Å². The number of nitrogens with one attached hydrogen (secondary N) is 1. The largest absolute Gasteiger partial charge is 0.493 e. The number of hydrogen-bond donors (Lipinski definition) is 1. The second-order valence-electron chi connectivity index (χ2n) is 7.10. The summed E-state index contributed by atoms with van der Waals surface area (Å²) >= 11 is 0. The van der Waals surface area contributed by atoms with Crippen molar-refractivity contribution in [2.75, 3.05) is 19.7 Å². The third kappa shape index (κ3) is 4.24. The monoisotopic (exact) mass is 275 g/mol. The van der Waals surface area contributed by atoms with Crippen LogP contribution in [-0.2, 0) is 5.41 Å². The summed E-state index contributed by atoms with van der Waals surface area (Å²) in [4.78, 5) is 0. The molecule has 0 spiro atoms.